The van der Waals surface area contributed by atoms with Crippen molar-refractivity contribution in [2.24, 2.45) is 0 Å². The fourth-order valence-corrected chi connectivity index (χ4v) is 4.07. The number of aryl methyl sites for hydroxylation is 1. The standard InChI is InChI=1S/C37H40O11/c1-4-34(38)45-18-6-7-19-47-36(40)29-10-8-28(9-11-29)31-14-17-33(27(3)26-31)48-37(41)30-12-15-32(16-13-30)44-24-22-42-20-21-43-23-25-46-35(39)5-2/h4-5,8-17,26H,1-2,6-7,18-25H2,3H3. The second-order valence-electron chi connectivity index (χ2n) is 10.1. The van der Waals surface area contributed by atoms with Crippen molar-refractivity contribution < 1.29 is 52.3 Å². The van der Waals surface area contributed by atoms with Crippen molar-refractivity contribution in [3.05, 3.63) is 109 Å². The summed E-state index contributed by atoms with van der Waals surface area (Å²) >= 11 is 0. The molecule has 48 heavy (non-hydrogen) atoms. The summed E-state index contributed by atoms with van der Waals surface area (Å²) in [6.07, 6.45) is 3.35. The molecule has 0 aliphatic rings. The average Bonchev–Trinajstić information content (AvgIpc) is 3.11. The van der Waals surface area contributed by atoms with E-state index < -0.39 is 23.9 Å². The minimum absolute atomic E-state index is 0.157. The first-order valence-electron chi connectivity index (χ1n) is 15.4. The molecule has 0 aromatic heterocycles. The van der Waals surface area contributed by atoms with Crippen molar-refractivity contribution in [1.29, 1.82) is 0 Å². The fraction of sp³-hybridized carbons (Fsp3) is 0.297. The van der Waals surface area contributed by atoms with Gasteiger partial charge in [0.1, 0.15) is 24.7 Å². The number of hydrogen-bond acceptors (Lipinski definition) is 11. The molecule has 0 bridgehead atoms. The summed E-state index contributed by atoms with van der Waals surface area (Å²) in [5.74, 6) is -0.882. The maximum atomic E-state index is 12.8. The minimum Gasteiger partial charge on any atom is -0.491 e. The molecule has 0 heterocycles. The van der Waals surface area contributed by atoms with Crippen molar-refractivity contribution in [3.63, 3.8) is 0 Å². The van der Waals surface area contributed by atoms with Gasteiger partial charge in [0.25, 0.3) is 0 Å². The molecule has 3 aromatic carbocycles. The van der Waals surface area contributed by atoms with Crippen LogP contribution in [0.2, 0.25) is 0 Å². The third kappa shape index (κ3) is 13.2. The number of carbonyl (C=O) groups excluding carboxylic acids is 4. The van der Waals surface area contributed by atoms with Crippen LogP contribution < -0.4 is 9.47 Å². The Hall–Kier alpha value is -5.26. The number of benzene rings is 3. The summed E-state index contributed by atoms with van der Waals surface area (Å²) < 4.78 is 37.0. The molecular formula is C37H40O11. The van der Waals surface area contributed by atoms with Crippen LogP contribution in [0.5, 0.6) is 11.5 Å². The smallest absolute Gasteiger partial charge is 0.343 e. The Bertz CT molecular complexity index is 1510. The van der Waals surface area contributed by atoms with E-state index in [2.05, 4.69) is 13.2 Å². The Balaban J connectivity index is 1.37. The van der Waals surface area contributed by atoms with Crippen molar-refractivity contribution >= 4 is 23.9 Å². The van der Waals surface area contributed by atoms with E-state index in [0.29, 0.717) is 61.9 Å². The molecule has 0 saturated heterocycles. The van der Waals surface area contributed by atoms with Crippen LogP contribution in [0, 0.1) is 6.92 Å². The predicted molar refractivity (Wildman–Crippen MR) is 177 cm³/mol. The lowest BCUT2D eigenvalue weighted by Gasteiger charge is -2.11. The van der Waals surface area contributed by atoms with Crippen molar-refractivity contribution in [2.75, 3.05) is 52.9 Å². The Kier molecular flexibility index (Phi) is 16.1. The lowest BCUT2D eigenvalue weighted by Crippen LogP contribution is -2.13. The first-order chi connectivity index (χ1) is 23.3. The molecule has 254 valence electrons. The van der Waals surface area contributed by atoms with Crippen molar-refractivity contribution in [3.8, 4) is 22.6 Å². The highest BCUT2D eigenvalue weighted by atomic mass is 16.6. The maximum absolute atomic E-state index is 12.8. The zero-order valence-electron chi connectivity index (χ0n) is 27.0. The van der Waals surface area contributed by atoms with E-state index in [9.17, 15) is 19.2 Å². The van der Waals surface area contributed by atoms with Gasteiger partial charge >= 0.3 is 23.9 Å². The Morgan fingerprint density at radius 1 is 0.583 bits per heavy atom. The van der Waals surface area contributed by atoms with Crippen molar-refractivity contribution in [2.45, 2.75) is 19.8 Å². The monoisotopic (exact) mass is 660 g/mol. The molecule has 3 rings (SSSR count). The number of esters is 4. The molecule has 0 saturated carbocycles. The number of unbranched alkanes of at least 4 members (excludes halogenated alkanes) is 1. The van der Waals surface area contributed by atoms with Crippen LogP contribution in [0.1, 0.15) is 39.1 Å². The molecule has 11 heteroatoms. The number of hydrogen-bond donors (Lipinski definition) is 0. The molecule has 0 aliphatic heterocycles. The van der Waals surface area contributed by atoms with E-state index in [1.54, 1.807) is 42.5 Å². The number of carbonyl (C=O) groups is 4. The first kappa shape index (κ1) is 37.2. The molecule has 11 nitrogen and oxygen atoms in total. The van der Waals surface area contributed by atoms with Gasteiger partial charge in [-0.25, -0.2) is 19.2 Å². The highest BCUT2D eigenvalue weighted by Crippen LogP contribution is 2.27. The summed E-state index contributed by atoms with van der Waals surface area (Å²) in [5, 5.41) is 0. The summed E-state index contributed by atoms with van der Waals surface area (Å²) in [6.45, 7) is 10.8. The molecular weight excluding hydrogens is 620 g/mol. The topological polar surface area (TPSA) is 133 Å². The zero-order valence-corrected chi connectivity index (χ0v) is 27.0. The van der Waals surface area contributed by atoms with E-state index in [1.807, 2.05) is 31.2 Å². The predicted octanol–water partition coefficient (Wildman–Crippen LogP) is 5.69. The van der Waals surface area contributed by atoms with Gasteiger partial charge in [0, 0.05) is 12.2 Å². The van der Waals surface area contributed by atoms with Gasteiger partial charge in [0.2, 0.25) is 0 Å². The van der Waals surface area contributed by atoms with Gasteiger partial charge in [-0.05, 0) is 85.0 Å². The molecule has 0 atom stereocenters. The Labute approximate surface area is 280 Å². The third-order valence-corrected chi connectivity index (χ3v) is 6.61. The molecule has 0 radical (unpaired) electrons. The second-order valence-corrected chi connectivity index (χ2v) is 10.1. The van der Waals surface area contributed by atoms with Gasteiger partial charge in [-0.1, -0.05) is 31.4 Å². The van der Waals surface area contributed by atoms with Crippen LogP contribution >= 0.6 is 0 Å². The Morgan fingerprint density at radius 2 is 1.10 bits per heavy atom. The quantitative estimate of drug-likeness (QED) is 0.0459. The van der Waals surface area contributed by atoms with E-state index in [-0.39, 0.29) is 26.4 Å². The van der Waals surface area contributed by atoms with Gasteiger partial charge in [-0.15, -0.1) is 0 Å². The highest BCUT2D eigenvalue weighted by Gasteiger charge is 2.13. The molecule has 0 fully saturated rings. The highest BCUT2D eigenvalue weighted by molar-refractivity contribution is 5.92. The van der Waals surface area contributed by atoms with Crippen LogP contribution in [0.15, 0.2) is 92.0 Å². The lowest BCUT2D eigenvalue weighted by molar-refractivity contribution is -0.139. The van der Waals surface area contributed by atoms with Crippen LogP contribution in [-0.2, 0) is 33.3 Å². The fourth-order valence-electron chi connectivity index (χ4n) is 4.07. The normalized spacial score (nSPS) is 10.4. The molecule has 0 N–H and O–H groups in total. The van der Waals surface area contributed by atoms with Gasteiger partial charge in [-0.3, -0.25) is 0 Å². The SMILES string of the molecule is C=CC(=O)OCCCCOC(=O)c1ccc(-c2ccc(OC(=O)c3ccc(OCCOCCOCCOC(=O)C=C)cc3)c(C)c2)cc1. The molecule has 3 aromatic rings. The molecule has 0 aliphatic carbocycles. The van der Waals surface area contributed by atoms with Gasteiger partial charge in [0.05, 0.1) is 50.8 Å². The van der Waals surface area contributed by atoms with Crippen molar-refractivity contribution in [1.82, 2.24) is 0 Å². The van der Waals surface area contributed by atoms with E-state index in [1.165, 1.54) is 0 Å². The summed E-state index contributed by atoms with van der Waals surface area (Å²) in [5.41, 5.74) is 3.34. The van der Waals surface area contributed by atoms with Crippen LogP contribution in [0.4, 0.5) is 0 Å². The summed E-state index contributed by atoms with van der Waals surface area (Å²) in [7, 11) is 0. The summed E-state index contributed by atoms with van der Waals surface area (Å²) in [6, 6.07) is 19.1. The number of rotatable bonds is 21. The first-order valence-corrected chi connectivity index (χ1v) is 15.4. The van der Waals surface area contributed by atoms with E-state index in [4.69, 9.17) is 33.2 Å². The van der Waals surface area contributed by atoms with Gasteiger partial charge in [0.15, 0.2) is 0 Å². The average molecular weight is 661 g/mol. The zero-order chi connectivity index (χ0) is 34.6. The maximum Gasteiger partial charge on any atom is 0.343 e. The van der Waals surface area contributed by atoms with Gasteiger partial charge in [-0.2, -0.15) is 0 Å². The van der Waals surface area contributed by atoms with E-state index in [0.717, 1.165) is 28.8 Å². The Morgan fingerprint density at radius 3 is 1.73 bits per heavy atom. The van der Waals surface area contributed by atoms with Crippen LogP contribution in [0.25, 0.3) is 11.1 Å². The number of ether oxygens (including phenoxy) is 7. The summed E-state index contributed by atoms with van der Waals surface area (Å²) in [4.78, 5) is 47.1. The third-order valence-electron chi connectivity index (χ3n) is 6.61. The van der Waals surface area contributed by atoms with E-state index >= 15 is 0 Å². The van der Waals surface area contributed by atoms with Gasteiger partial charge < -0.3 is 33.2 Å². The second kappa shape index (κ2) is 20.8. The van der Waals surface area contributed by atoms with Crippen LogP contribution in [0.3, 0.4) is 0 Å². The lowest BCUT2D eigenvalue weighted by atomic mass is 10.0. The largest absolute Gasteiger partial charge is 0.491 e. The molecule has 0 amide bonds. The molecule has 0 spiro atoms. The minimum atomic E-state index is -0.499. The van der Waals surface area contributed by atoms with Crippen LogP contribution in [-0.4, -0.2) is 76.7 Å². The molecule has 0 unspecified atom stereocenters.